The molecule has 1 unspecified atom stereocenters. The van der Waals surface area contributed by atoms with Crippen LogP contribution in [0.2, 0.25) is 0 Å². The Morgan fingerprint density at radius 2 is 1.90 bits per heavy atom. The molecule has 0 radical (unpaired) electrons. The second-order valence-corrected chi connectivity index (χ2v) is 5.97. The van der Waals surface area contributed by atoms with E-state index in [1.165, 1.54) is 11.6 Å². The van der Waals surface area contributed by atoms with E-state index in [0.717, 1.165) is 23.0 Å². The monoisotopic (exact) mass is 335 g/mol. The van der Waals surface area contributed by atoms with Gasteiger partial charge >= 0.3 is 0 Å². The van der Waals surface area contributed by atoms with Gasteiger partial charge in [-0.15, -0.1) is 0 Å². The molecule has 2 rings (SSSR count). The Balaban J connectivity index is 1.76. The first-order chi connectivity index (χ1) is 9.65. The fourth-order valence-electron chi connectivity index (χ4n) is 2.21. The highest BCUT2D eigenvalue weighted by atomic mass is 79.9. The summed E-state index contributed by atoms with van der Waals surface area (Å²) >= 11 is 3.31. The van der Waals surface area contributed by atoms with Crippen LogP contribution < -0.4 is 5.32 Å². The fourth-order valence-corrected chi connectivity index (χ4v) is 2.73. The lowest BCUT2D eigenvalue weighted by Crippen LogP contribution is -2.16. The predicted octanol–water partition coefficient (Wildman–Crippen LogP) is 4.87. The summed E-state index contributed by atoms with van der Waals surface area (Å²) in [5.41, 5.74) is 2.33. The Morgan fingerprint density at radius 1 is 1.15 bits per heavy atom. The van der Waals surface area contributed by atoms with Crippen molar-refractivity contribution in [2.24, 2.45) is 0 Å². The summed E-state index contributed by atoms with van der Waals surface area (Å²) in [7, 11) is 0. The maximum atomic E-state index is 13.2. The van der Waals surface area contributed by atoms with E-state index in [9.17, 15) is 4.39 Å². The lowest BCUT2D eigenvalue weighted by atomic mass is 9.98. The highest BCUT2D eigenvalue weighted by molar-refractivity contribution is 9.10. The van der Waals surface area contributed by atoms with Crippen LogP contribution in [0.25, 0.3) is 0 Å². The van der Waals surface area contributed by atoms with Crippen molar-refractivity contribution >= 4 is 15.9 Å². The molecule has 0 heterocycles. The molecule has 2 aromatic rings. The van der Waals surface area contributed by atoms with Crippen molar-refractivity contribution < 1.29 is 4.39 Å². The highest BCUT2D eigenvalue weighted by Gasteiger charge is 2.04. The average Bonchev–Trinajstić information content (AvgIpc) is 2.43. The van der Waals surface area contributed by atoms with Crippen LogP contribution in [-0.4, -0.2) is 6.54 Å². The molecular weight excluding hydrogens is 317 g/mol. The minimum atomic E-state index is -0.200. The van der Waals surface area contributed by atoms with Crippen LogP contribution in [-0.2, 0) is 6.54 Å². The Labute approximate surface area is 128 Å². The molecule has 0 saturated heterocycles. The van der Waals surface area contributed by atoms with Crippen LogP contribution in [0.4, 0.5) is 4.39 Å². The van der Waals surface area contributed by atoms with Gasteiger partial charge in [0.25, 0.3) is 0 Å². The molecule has 20 heavy (non-hydrogen) atoms. The second-order valence-electron chi connectivity index (χ2n) is 5.05. The van der Waals surface area contributed by atoms with Gasteiger partial charge < -0.3 is 5.32 Å². The van der Waals surface area contributed by atoms with Gasteiger partial charge in [0, 0.05) is 11.0 Å². The van der Waals surface area contributed by atoms with Crippen molar-refractivity contribution in [2.45, 2.75) is 25.8 Å². The summed E-state index contributed by atoms with van der Waals surface area (Å²) < 4.78 is 14.0. The lowest BCUT2D eigenvalue weighted by Gasteiger charge is -2.12. The molecule has 1 nitrogen and oxygen atoms in total. The van der Waals surface area contributed by atoms with Crippen molar-refractivity contribution in [1.29, 1.82) is 0 Å². The molecule has 1 N–H and O–H groups in total. The number of rotatable bonds is 6. The van der Waals surface area contributed by atoms with E-state index in [4.69, 9.17) is 0 Å². The van der Waals surface area contributed by atoms with Crippen molar-refractivity contribution in [3.63, 3.8) is 0 Å². The van der Waals surface area contributed by atoms with Crippen LogP contribution in [0.5, 0.6) is 0 Å². The summed E-state index contributed by atoms with van der Waals surface area (Å²) in [6, 6.07) is 15.5. The normalized spacial score (nSPS) is 12.3. The molecule has 0 aliphatic carbocycles. The first-order valence-electron chi connectivity index (χ1n) is 6.86. The largest absolute Gasteiger partial charge is 0.313 e. The SMILES string of the molecule is CC(CCNCc1cc(F)cc(Br)c1)c1ccccc1. The molecule has 0 fully saturated rings. The molecule has 0 spiro atoms. The van der Waals surface area contributed by atoms with Gasteiger partial charge in [0.15, 0.2) is 0 Å². The van der Waals surface area contributed by atoms with Gasteiger partial charge in [-0.3, -0.25) is 0 Å². The summed E-state index contributed by atoms with van der Waals surface area (Å²) in [6.07, 6.45) is 1.07. The Kier molecular flexibility index (Phi) is 5.74. The van der Waals surface area contributed by atoms with E-state index in [0.29, 0.717) is 12.5 Å². The molecule has 0 aliphatic rings. The smallest absolute Gasteiger partial charge is 0.124 e. The highest BCUT2D eigenvalue weighted by Crippen LogP contribution is 2.18. The maximum absolute atomic E-state index is 13.2. The van der Waals surface area contributed by atoms with E-state index in [2.05, 4.69) is 52.4 Å². The van der Waals surface area contributed by atoms with Gasteiger partial charge in [-0.1, -0.05) is 53.2 Å². The van der Waals surface area contributed by atoms with Crippen LogP contribution in [0.15, 0.2) is 53.0 Å². The molecule has 106 valence electrons. The minimum Gasteiger partial charge on any atom is -0.313 e. The summed E-state index contributed by atoms with van der Waals surface area (Å²) in [5, 5.41) is 3.37. The third kappa shape index (κ3) is 4.73. The molecule has 0 aliphatic heterocycles. The molecule has 0 aromatic heterocycles. The zero-order valence-electron chi connectivity index (χ0n) is 11.6. The van der Waals surface area contributed by atoms with Gasteiger partial charge in [-0.2, -0.15) is 0 Å². The Hall–Kier alpha value is -1.19. The molecule has 2 aromatic carbocycles. The summed E-state index contributed by atoms with van der Waals surface area (Å²) in [6.45, 7) is 3.85. The third-order valence-electron chi connectivity index (χ3n) is 3.37. The first kappa shape index (κ1) is 15.2. The second kappa shape index (κ2) is 7.55. The average molecular weight is 336 g/mol. The summed E-state index contributed by atoms with van der Waals surface area (Å²) in [5.74, 6) is 0.330. The number of hydrogen-bond donors (Lipinski definition) is 1. The quantitative estimate of drug-likeness (QED) is 0.742. The summed E-state index contributed by atoms with van der Waals surface area (Å²) in [4.78, 5) is 0. The molecule has 1 atom stereocenters. The topological polar surface area (TPSA) is 12.0 Å². The van der Waals surface area contributed by atoms with E-state index < -0.39 is 0 Å². The van der Waals surface area contributed by atoms with E-state index in [1.54, 1.807) is 6.07 Å². The van der Waals surface area contributed by atoms with Crippen LogP contribution >= 0.6 is 15.9 Å². The predicted molar refractivity (Wildman–Crippen MR) is 85.3 cm³/mol. The van der Waals surface area contributed by atoms with Crippen LogP contribution in [0.1, 0.15) is 30.4 Å². The third-order valence-corrected chi connectivity index (χ3v) is 3.83. The van der Waals surface area contributed by atoms with Crippen LogP contribution in [0.3, 0.4) is 0 Å². The number of halogens is 2. The number of benzene rings is 2. The molecule has 0 saturated carbocycles. The van der Waals surface area contributed by atoms with E-state index in [-0.39, 0.29) is 5.82 Å². The van der Waals surface area contributed by atoms with Gasteiger partial charge in [-0.25, -0.2) is 4.39 Å². The Bertz CT molecular complexity index is 522. The van der Waals surface area contributed by atoms with Gasteiger partial charge in [-0.05, 0) is 48.2 Å². The number of hydrogen-bond acceptors (Lipinski definition) is 1. The zero-order valence-corrected chi connectivity index (χ0v) is 13.2. The molecular formula is C17H19BrFN. The van der Waals surface area contributed by atoms with Gasteiger partial charge in [0.2, 0.25) is 0 Å². The van der Waals surface area contributed by atoms with Crippen molar-refractivity contribution in [1.82, 2.24) is 5.32 Å². The van der Waals surface area contributed by atoms with Crippen LogP contribution in [0, 0.1) is 5.82 Å². The number of nitrogens with one attached hydrogen (secondary N) is 1. The van der Waals surface area contributed by atoms with Crippen molar-refractivity contribution in [2.75, 3.05) is 6.54 Å². The maximum Gasteiger partial charge on any atom is 0.124 e. The molecule has 0 bridgehead atoms. The molecule has 0 amide bonds. The van der Waals surface area contributed by atoms with Gasteiger partial charge in [0.1, 0.15) is 5.82 Å². The fraction of sp³-hybridized carbons (Fsp3) is 0.294. The van der Waals surface area contributed by atoms with Crippen molar-refractivity contribution in [3.8, 4) is 0 Å². The van der Waals surface area contributed by atoms with Gasteiger partial charge in [0.05, 0.1) is 0 Å². The zero-order chi connectivity index (χ0) is 14.4. The minimum absolute atomic E-state index is 0.200. The van der Waals surface area contributed by atoms with E-state index >= 15 is 0 Å². The first-order valence-corrected chi connectivity index (χ1v) is 7.65. The lowest BCUT2D eigenvalue weighted by molar-refractivity contribution is 0.588. The standard InChI is InChI=1S/C17H19BrFN/c1-13(15-5-3-2-4-6-15)7-8-20-12-14-9-16(18)11-17(19)10-14/h2-6,9-11,13,20H,7-8,12H2,1H3. The van der Waals surface area contributed by atoms with Crippen molar-refractivity contribution in [3.05, 3.63) is 69.9 Å². The Morgan fingerprint density at radius 3 is 2.60 bits per heavy atom. The van der Waals surface area contributed by atoms with E-state index in [1.807, 2.05) is 12.1 Å². The molecule has 3 heteroatoms.